The van der Waals surface area contributed by atoms with Crippen molar-refractivity contribution in [2.45, 2.75) is 52.7 Å². The van der Waals surface area contributed by atoms with Gasteiger partial charge in [-0.05, 0) is 63.8 Å². The summed E-state index contributed by atoms with van der Waals surface area (Å²) in [6.45, 7) is 10.4. The Bertz CT molecular complexity index is 1080. The number of nitrogens with zero attached hydrogens (tertiary/aromatic N) is 3. The highest BCUT2D eigenvalue weighted by Gasteiger charge is 2.28. The number of benzene rings is 2. The largest absolute Gasteiger partial charge is 0.464 e. The van der Waals surface area contributed by atoms with Crippen molar-refractivity contribution in [3.8, 4) is 6.01 Å². The van der Waals surface area contributed by atoms with Crippen molar-refractivity contribution >= 4 is 17.1 Å². The van der Waals surface area contributed by atoms with Gasteiger partial charge in [-0.1, -0.05) is 36.4 Å². The van der Waals surface area contributed by atoms with Crippen LogP contribution in [0.4, 0.5) is 4.79 Å². The molecule has 1 fully saturated rings. The predicted molar refractivity (Wildman–Crippen MR) is 126 cm³/mol. The molecule has 1 atom stereocenters. The lowest BCUT2D eigenvalue weighted by Crippen LogP contribution is -2.44. The summed E-state index contributed by atoms with van der Waals surface area (Å²) in [6.07, 6.45) is 1.73. The molecule has 1 aliphatic rings. The van der Waals surface area contributed by atoms with E-state index in [4.69, 9.17) is 14.5 Å². The first-order valence-electron chi connectivity index (χ1n) is 11.4. The number of ether oxygens (including phenoxy) is 2. The van der Waals surface area contributed by atoms with Crippen molar-refractivity contribution in [1.29, 1.82) is 0 Å². The number of aryl methyl sites for hydroxylation is 1. The summed E-state index contributed by atoms with van der Waals surface area (Å²) in [6, 6.07) is 17.1. The molecule has 2 aromatic carbocycles. The van der Waals surface area contributed by atoms with E-state index in [2.05, 4.69) is 41.8 Å². The van der Waals surface area contributed by atoms with Crippen LogP contribution in [0.3, 0.4) is 0 Å². The van der Waals surface area contributed by atoms with Gasteiger partial charge in [0.25, 0.3) is 6.01 Å². The lowest BCUT2D eigenvalue weighted by molar-refractivity contribution is 0.0136. The Kier molecular flexibility index (Phi) is 6.40. The SMILES string of the molecule is Cc1ccccc1Cn1c(OC[C@@H]2CCCN(C(=O)OC(C)(C)C)C2)nc2ccccc21. The van der Waals surface area contributed by atoms with Gasteiger partial charge >= 0.3 is 6.09 Å². The molecule has 0 spiro atoms. The van der Waals surface area contributed by atoms with Crippen molar-refractivity contribution < 1.29 is 14.3 Å². The molecule has 3 aromatic rings. The average molecular weight is 436 g/mol. The normalized spacial score (nSPS) is 16.9. The Morgan fingerprint density at radius 1 is 1.12 bits per heavy atom. The smallest absolute Gasteiger partial charge is 0.410 e. The Hall–Kier alpha value is -3.02. The van der Waals surface area contributed by atoms with E-state index in [-0.39, 0.29) is 12.0 Å². The number of fused-ring (bicyclic) bond motifs is 1. The maximum absolute atomic E-state index is 12.5. The highest BCUT2D eigenvalue weighted by atomic mass is 16.6. The number of para-hydroxylation sites is 2. The highest BCUT2D eigenvalue weighted by molar-refractivity contribution is 5.76. The van der Waals surface area contributed by atoms with Gasteiger partial charge in [-0.3, -0.25) is 4.57 Å². The molecule has 1 aromatic heterocycles. The Labute approximate surface area is 190 Å². The molecule has 1 aliphatic heterocycles. The lowest BCUT2D eigenvalue weighted by atomic mass is 9.99. The van der Waals surface area contributed by atoms with E-state index in [9.17, 15) is 4.79 Å². The second-order valence-electron chi connectivity index (χ2n) is 9.64. The molecule has 1 amide bonds. The third kappa shape index (κ3) is 5.23. The van der Waals surface area contributed by atoms with Crippen LogP contribution in [-0.2, 0) is 11.3 Å². The molecule has 4 rings (SSSR count). The van der Waals surface area contributed by atoms with Gasteiger partial charge in [-0.15, -0.1) is 0 Å². The topological polar surface area (TPSA) is 56.6 Å². The van der Waals surface area contributed by atoms with Gasteiger partial charge < -0.3 is 14.4 Å². The zero-order valence-corrected chi connectivity index (χ0v) is 19.5. The highest BCUT2D eigenvalue weighted by Crippen LogP contribution is 2.26. The first kappa shape index (κ1) is 22.2. The standard InChI is InChI=1S/C26H33N3O3/c1-19-10-5-6-12-21(19)17-29-23-14-8-7-13-22(23)27-24(29)31-18-20-11-9-15-28(16-20)25(30)32-26(2,3)4/h5-8,10,12-14,20H,9,11,15-18H2,1-4H3/t20-/m1/s1. The van der Waals surface area contributed by atoms with E-state index in [1.165, 1.54) is 11.1 Å². The van der Waals surface area contributed by atoms with Gasteiger partial charge in [0.15, 0.2) is 0 Å². The number of imidazole rings is 1. The zero-order chi connectivity index (χ0) is 22.7. The van der Waals surface area contributed by atoms with E-state index in [1.807, 2.05) is 39.0 Å². The Morgan fingerprint density at radius 2 is 1.88 bits per heavy atom. The third-order valence-corrected chi connectivity index (χ3v) is 5.83. The number of hydrogen-bond donors (Lipinski definition) is 0. The molecule has 0 saturated carbocycles. The minimum absolute atomic E-state index is 0.242. The first-order valence-corrected chi connectivity index (χ1v) is 11.4. The molecule has 0 radical (unpaired) electrons. The number of amides is 1. The average Bonchev–Trinajstić information content (AvgIpc) is 3.10. The van der Waals surface area contributed by atoms with Crippen LogP contribution in [0, 0.1) is 12.8 Å². The summed E-state index contributed by atoms with van der Waals surface area (Å²) < 4.78 is 14.0. The van der Waals surface area contributed by atoms with Gasteiger partial charge in [0.2, 0.25) is 0 Å². The van der Waals surface area contributed by atoms with Gasteiger partial charge in [-0.2, -0.15) is 4.98 Å². The molecule has 32 heavy (non-hydrogen) atoms. The van der Waals surface area contributed by atoms with Crippen molar-refractivity contribution in [1.82, 2.24) is 14.5 Å². The summed E-state index contributed by atoms with van der Waals surface area (Å²) in [5.41, 5.74) is 3.99. The van der Waals surface area contributed by atoms with Gasteiger partial charge in [-0.25, -0.2) is 4.79 Å². The second-order valence-corrected chi connectivity index (χ2v) is 9.64. The fourth-order valence-electron chi connectivity index (χ4n) is 4.16. The zero-order valence-electron chi connectivity index (χ0n) is 19.5. The minimum atomic E-state index is -0.485. The van der Waals surface area contributed by atoms with Crippen molar-refractivity contribution in [2.24, 2.45) is 5.92 Å². The van der Waals surface area contributed by atoms with E-state index in [0.717, 1.165) is 30.4 Å². The maximum atomic E-state index is 12.5. The van der Waals surface area contributed by atoms with Crippen LogP contribution in [0.25, 0.3) is 11.0 Å². The van der Waals surface area contributed by atoms with E-state index < -0.39 is 5.60 Å². The Morgan fingerprint density at radius 3 is 2.66 bits per heavy atom. The maximum Gasteiger partial charge on any atom is 0.410 e. The van der Waals surface area contributed by atoms with E-state index >= 15 is 0 Å². The van der Waals surface area contributed by atoms with Gasteiger partial charge in [0.1, 0.15) is 5.60 Å². The predicted octanol–water partition coefficient (Wildman–Crippen LogP) is 5.42. The monoisotopic (exact) mass is 435 g/mol. The minimum Gasteiger partial charge on any atom is -0.464 e. The molecular weight excluding hydrogens is 402 g/mol. The first-order chi connectivity index (χ1) is 15.3. The number of rotatable bonds is 5. The molecule has 6 nitrogen and oxygen atoms in total. The molecular formula is C26H33N3O3. The fourth-order valence-corrected chi connectivity index (χ4v) is 4.16. The molecule has 0 bridgehead atoms. The molecule has 0 N–H and O–H groups in total. The van der Waals surface area contributed by atoms with Crippen LogP contribution in [0.1, 0.15) is 44.7 Å². The van der Waals surface area contributed by atoms with Crippen LogP contribution in [-0.4, -0.2) is 45.8 Å². The molecule has 170 valence electrons. The van der Waals surface area contributed by atoms with Crippen LogP contribution in [0.2, 0.25) is 0 Å². The molecule has 0 unspecified atom stereocenters. The van der Waals surface area contributed by atoms with Gasteiger partial charge in [0, 0.05) is 19.0 Å². The summed E-state index contributed by atoms with van der Waals surface area (Å²) in [5, 5.41) is 0. The Balaban J connectivity index is 1.48. The van der Waals surface area contributed by atoms with E-state index in [0.29, 0.717) is 25.7 Å². The number of carbonyl (C=O) groups excluding carboxylic acids is 1. The van der Waals surface area contributed by atoms with Crippen LogP contribution in [0.5, 0.6) is 6.01 Å². The number of likely N-dealkylation sites (tertiary alicyclic amines) is 1. The second kappa shape index (κ2) is 9.23. The van der Waals surface area contributed by atoms with Crippen LogP contribution < -0.4 is 4.74 Å². The fraction of sp³-hybridized carbons (Fsp3) is 0.462. The number of aromatic nitrogens is 2. The quantitative estimate of drug-likeness (QED) is 0.537. The number of hydrogen-bond acceptors (Lipinski definition) is 4. The van der Waals surface area contributed by atoms with Gasteiger partial charge in [0.05, 0.1) is 24.2 Å². The van der Waals surface area contributed by atoms with E-state index in [1.54, 1.807) is 4.90 Å². The third-order valence-electron chi connectivity index (χ3n) is 5.83. The number of piperidine rings is 1. The molecule has 0 aliphatic carbocycles. The summed E-state index contributed by atoms with van der Waals surface area (Å²) in [4.78, 5) is 19.1. The molecule has 1 saturated heterocycles. The lowest BCUT2D eigenvalue weighted by Gasteiger charge is -2.33. The summed E-state index contributed by atoms with van der Waals surface area (Å²) in [5.74, 6) is 0.253. The van der Waals surface area contributed by atoms with Crippen molar-refractivity contribution in [3.05, 3.63) is 59.7 Å². The van der Waals surface area contributed by atoms with Crippen LogP contribution in [0.15, 0.2) is 48.5 Å². The van der Waals surface area contributed by atoms with Crippen molar-refractivity contribution in [3.63, 3.8) is 0 Å². The number of carbonyl (C=O) groups is 1. The van der Waals surface area contributed by atoms with Crippen LogP contribution >= 0.6 is 0 Å². The molecule has 2 heterocycles. The summed E-state index contributed by atoms with van der Waals surface area (Å²) in [7, 11) is 0. The van der Waals surface area contributed by atoms with Crippen molar-refractivity contribution in [2.75, 3.05) is 19.7 Å². The molecule has 6 heteroatoms. The summed E-state index contributed by atoms with van der Waals surface area (Å²) >= 11 is 0.